The first-order valence-corrected chi connectivity index (χ1v) is 5.56. The fourth-order valence-electron chi connectivity index (χ4n) is 2.43. The predicted octanol–water partition coefficient (Wildman–Crippen LogP) is 2.13. The second kappa shape index (κ2) is 4.64. The first kappa shape index (κ1) is 12.0. The molecule has 1 amide bonds. The number of piperidine rings is 1. The van der Waals surface area contributed by atoms with Crippen molar-refractivity contribution in [1.82, 2.24) is 4.90 Å². The largest absolute Gasteiger partial charge is 0.465 e. The number of amides is 1. The minimum Gasteiger partial charge on any atom is -0.465 e. The summed E-state index contributed by atoms with van der Waals surface area (Å²) in [6, 6.07) is -0.273. The van der Waals surface area contributed by atoms with Crippen LogP contribution in [0.4, 0.5) is 4.79 Å². The highest BCUT2D eigenvalue weighted by molar-refractivity contribution is 5.84. The van der Waals surface area contributed by atoms with E-state index in [9.17, 15) is 9.59 Å². The van der Waals surface area contributed by atoms with Crippen LogP contribution >= 0.6 is 0 Å². The summed E-state index contributed by atoms with van der Waals surface area (Å²) < 4.78 is 0. The third kappa shape index (κ3) is 2.13. The van der Waals surface area contributed by atoms with Gasteiger partial charge in [-0.1, -0.05) is 20.8 Å². The number of carboxylic acid groups (broad SMARTS) is 1. The van der Waals surface area contributed by atoms with Crippen molar-refractivity contribution >= 4 is 11.9 Å². The summed E-state index contributed by atoms with van der Waals surface area (Å²) in [5.74, 6) is 0.0418. The van der Waals surface area contributed by atoms with Crippen LogP contribution in [0, 0.1) is 5.92 Å². The smallest absolute Gasteiger partial charge is 0.407 e. The SMILES string of the molecule is CC[C@@H]1CC(=O)[C@@H](C)[C@H](CC)N1C(=O)O. The lowest BCUT2D eigenvalue weighted by Crippen LogP contribution is -2.55. The van der Waals surface area contributed by atoms with Crippen molar-refractivity contribution in [3.05, 3.63) is 0 Å². The Balaban J connectivity index is 2.95. The Hall–Kier alpha value is -1.06. The van der Waals surface area contributed by atoms with Crippen LogP contribution in [-0.4, -0.2) is 34.0 Å². The summed E-state index contributed by atoms with van der Waals surface area (Å²) in [6.45, 7) is 5.69. The highest BCUT2D eigenvalue weighted by Gasteiger charge is 2.40. The van der Waals surface area contributed by atoms with Crippen LogP contribution in [0.1, 0.15) is 40.0 Å². The van der Waals surface area contributed by atoms with E-state index < -0.39 is 6.09 Å². The second-order valence-corrected chi connectivity index (χ2v) is 4.19. The maximum atomic E-state index is 11.7. The summed E-state index contributed by atoms with van der Waals surface area (Å²) in [6.07, 6.45) is 0.894. The Morgan fingerprint density at radius 1 is 1.47 bits per heavy atom. The van der Waals surface area contributed by atoms with Gasteiger partial charge in [0.05, 0.1) is 0 Å². The van der Waals surface area contributed by atoms with Crippen molar-refractivity contribution in [2.75, 3.05) is 0 Å². The molecule has 15 heavy (non-hydrogen) atoms. The fraction of sp³-hybridized carbons (Fsp3) is 0.818. The Morgan fingerprint density at radius 2 is 2.07 bits per heavy atom. The zero-order valence-corrected chi connectivity index (χ0v) is 9.56. The number of ketones is 1. The van der Waals surface area contributed by atoms with E-state index in [0.717, 1.165) is 0 Å². The van der Waals surface area contributed by atoms with Gasteiger partial charge in [0.2, 0.25) is 0 Å². The van der Waals surface area contributed by atoms with Crippen LogP contribution in [0.25, 0.3) is 0 Å². The maximum absolute atomic E-state index is 11.7. The van der Waals surface area contributed by atoms with Crippen molar-refractivity contribution in [3.8, 4) is 0 Å². The summed E-state index contributed by atoms with van der Waals surface area (Å²) >= 11 is 0. The minimum absolute atomic E-state index is 0.129. The number of rotatable bonds is 2. The molecule has 4 heteroatoms. The van der Waals surface area contributed by atoms with Crippen LogP contribution in [0.3, 0.4) is 0 Å². The fourth-order valence-corrected chi connectivity index (χ4v) is 2.43. The van der Waals surface area contributed by atoms with E-state index in [4.69, 9.17) is 5.11 Å². The predicted molar refractivity (Wildman–Crippen MR) is 56.8 cm³/mol. The van der Waals surface area contributed by atoms with E-state index in [1.54, 1.807) is 0 Å². The summed E-state index contributed by atoms with van der Waals surface area (Å²) in [5.41, 5.74) is 0. The first-order chi connectivity index (χ1) is 7.02. The highest BCUT2D eigenvalue weighted by atomic mass is 16.4. The number of Topliss-reactive ketones (excluding diaryl/α,β-unsaturated/α-hetero) is 1. The van der Waals surface area contributed by atoms with Gasteiger partial charge in [0.15, 0.2) is 0 Å². The van der Waals surface area contributed by atoms with Crippen molar-refractivity contribution in [1.29, 1.82) is 0 Å². The molecular weight excluding hydrogens is 194 g/mol. The van der Waals surface area contributed by atoms with Crippen molar-refractivity contribution in [2.24, 2.45) is 5.92 Å². The summed E-state index contributed by atoms with van der Waals surface area (Å²) in [4.78, 5) is 24.3. The molecule has 0 unspecified atom stereocenters. The van der Waals surface area contributed by atoms with Gasteiger partial charge in [-0.2, -0.15) is 0 Å². The molecule has 1 heterocycles. The molecule has 0 aromatic heterocycles. The monoisotopic (exact) mass is 213 g/mol. The van der Waals surface area contributed by atoms with Gasteiger partial charge in [0.25, 0.3) is 0 Å². The summed E-state index contributed by atoms with van der Waals surface area (Å²) in [7, 11) is 0. The minimum atomic E-state index is -0.895. The van der Waals surface area contributed by atoms with Crippen molar-refractivity contribution < 1.29 is 14.7 Å². The van der Waals surface area contributed by atoms with Crippen LogP contribution in [0.5, 0.6) is 0 Å². The molecule has 4 nitrogen and oxygen atoms in total. The third-order valence-electron chi connectivity index (χ3n) is 3.38. The molecule has 0 aliphatic carbocycles. The van der Waals surface area contributed by atoms with Crippen LogP contribution < -0.4 is 0 Å². The lowest BCUT2D eigenvalue weighted by atomic mass is 9.83. The van der Waals surface area contributed by atoms with Gasteiger partial charge in [0, 0.05) is 24.4 Å². The normalized spacial score (nSPS) is 31.8. The van der Waals surface area contributed by atoms with Crippen LogP contribution in [0.2, 0.25) is 0 Å². The molecular formula is C11H19NO3. The van der Waals surface area contributed by atoms with E-state index in [1.165, 1.54) is 4.90 Å². The van der Waals surface area contributed by atoms with Crippen molar-refractivity contribution in [2.45, 2.75) is 52.1 Å². The molecule has 1 aliphatic rings. The van der Waals surface area contributed by atoms with E-state index in [1.807, 2.05) is 20.8 Å². The lowest BCUT2D eigenvalue weighted by molar-refractivity contribution is -0.129. The molecule has 0 bridgehead atoms. The topological polar surface area (TPSA) is 57.6 Å². The molecule has 1 N–H and O–H groups in total. The Labute approximate surface area is 90.3 Å². The standard InChI is InChI=1S/C11H19NO3/c1-4-8-6-10(13)7(3)9(5-2)12(8)11(14)15/h7-9H,4-6H2,1-3H3,(H,14,15)/t7-,8+,9-/m0/s1. The van der Waals surface area contributed by atoms with Gasteiger partial charge in [-0.3, -0.25) is 4.79 Å². The quantitative estimate of drug-likeness (QED) is 0.764. The van der Waals surface area contributed by atoms with Gasteiger partial charge in [0.1, 0.15) is 5.78 Å². The Morgan fingerprint density at radius 3 is 2.47 bits per heavy atom. The van der Waals surface area contributed by atoms with Crippen LogP contribution in [0.15, 0.2) is 0 Å². The van der Waals surface area contributed by atoms with E-state index >= 15 is 0 Å². The zero-order valence-electron chi connectivity index (χ0n) is 9.56. The van der Waals surface area contributed by atoms with Crippen molar-refractivity contribution in [3.63, 3.8) is 0 Å². The number of hydrogen-bond acceptors (Lipinski definition) is 2. The zero-order chi connectivity index (χ0) is 11.6. The molecule has 0 aromatic carbocycles. The van der Waals surface area contributed by atoms with Gasteiger partial charge >= 0.3 is 6.09 Å². The number of nitrogens with zero attached hydrogens (tertiary/aromatic N) is 1. The maximum Gasteiger partial charge on any atom is 0.407 e. The molecule has 3 atom stereocenters. The molecule has 0 aromatic rings. The highest BCUT2D eigenvalue weighted by Crippen LogP contribution is 2.28. The van der Waals surface area contributed by atoms with E-state index in [-0.39, 0.29) is 23.8 Å². The molecule has 1 fully saturated rings. The average molecular weight is 213 g/mol. The lowest BCUT2D eigenvalue weighted by Gasteiger charge is -2.42. The molecule has 1 saturated heterocycles. The second-order valence-electron chi connectivity index (χ2n) is 4.19. The van der Waals surface area contributed by atoms with Gasteiger partial charge in [-0.15, -0.1) is 0 Å². The van der Waals surface area contributed by atoms with Gasteiger partial charge in [-0.25, -0.2) is 4.79 Å². The molecule has 0 saturated carbocycles. The number of hydrogen-bond donors (Lipinski definition) is 1. The third-order valence-corrected chi connectivity index (χ3v) is 3.38. The molecule has 1 aliphatic heterocycles. The number of carbonyl (C=O) groups is 2. The van der Waals surface area contributed by atoms with Gasteiger partial charge < -0.3 is 10.0 Å². The average Bonchev–Trinajstić information content (AvgIpc) is 2.20. The summed E-state index contributed by atoms with van der Waals surface area (Å²) in [5, 5.41) is 9.16. The Kier molecular flexibility index (Phi) is 3.72. The van der Waals surface area contributed by atoms with Crippen LogP contribution in [-0.2, 0) is 4.79 Å². The number of carbonyl (C=O) groups excluding carboxylic acids is 1. The molecule has 0 spiro atoms. The first-order valence-electron chi connectivity index (χ1n) is 5.56. The molecule has 86 valence electrons. The Bertz CT molecular complexity index is 265. The van der Waals surface area contributed by atoms with E-state index in [2.05, 4.69) is 0 Å². The van der Waals surface area contributed by atoms with Gasteiger partial charge in [-0.05, 0) is 12.8 Å². The molecule has 1 rings (SSSR count). The number of likely N-dealkylation sites (tertiary alicyclic amines) is 1. The molecule has 0 radical (unpaired) electrons. The van der Waals surface area contributed by atoms with E-state index in [0.29, 0.717) is 19.3 Å².